The number of imidazole rings is 1. The number of amides is 2. The lowest BCUT2D eigenvalue weighted by Gasteiger charge is -2.42. The van der Waals surface area contributed by atoms with Crippen LogP contribution in [0.25, 0.3) is 21.9 Å². The number of aromatic hydroxyl groups is 1. The highest BCUT2D eigenvalue weighted by Gasteiger charge is 2.45. The van der Waals surface area contributed by atoms with Crippen molar-refractivity contribution in [3.63, 3.8) is 0 Å². The molecular formula is C37H41ClF3N7O5. The number of likely N-dealkylation sites (tertiary alicyclic amines) is 4. The van der Waals surface area contributed by atoms with Crippen molar-refractivity contribution in [2.45, 2.75) is 75.0 Å². The highest BCUT2D eigenvalue weighted by atomic mass is 35.5. The largest absolute Gasteiger partial charge is 0.506 e. The molecule has 4 aliphatic heterocycles. The number of nitrogens with one attached hydrogen (secondary N) is 1. The number of fused-ring (bicyclic) bond motifs is 5. The standard InChI is InChI=1S/C37H41ClF3N7O5/c1-44-19-25-17-24(44)20-47(25)22-6-10-45(11-7-22)34(50)31(16-21-14-27(37(39,40)41)33(49)28(38)15-21)53-36(52)46-12-8-23(9-13-46)48-30-18-42-29-5-3-2-4-26(29)32(30)43-35(48)51/h2-5,14-15,18,22-25,31,49H,6-13,16-17,19-20H2,1H3,(H,43,51)/t24?,25?,31-/m1/s1. The normalized spacial score (nSPS) is 22.7. The molecule has 6 heterocycles. The van der Waals surface area contributed by atoms with E-state index in [0.717, 1.165) is 55.4 Å². The Balaban J connectivity index is 0.973. The van der Waals surface area contributed by atoms with Gasteiger partial charge < -0.3 is 29.5 Å². The van der Waals surface area contributed by atoms with E-state index in [9.17, 15) is 32.7 Å². The van der Waals surface area contributed by atoms with Crippen LogP contribution >= 0.6 is 11.6 Å². The zero-order chi connectivity index (χ0) is 37.2. The lowest BCUT2D eigenvalue weighted by atomic mass is 9.99. The number of piperazine rings is 1. The molecule has 2 N–H and O–H groups in total. The van der Waals surface area contributed by atoms with E-state index < -0.39 is 40.6 Å². The van der Waals surface area contributed by atoms with Crippen LogP contribution in [0.5, 0.6) is 5.75 Å². The van der Waals surface area contributed by atoms with E-state index in [-0.39, 0.29) is 36.8 Å². The Morgan fingerprint density at radius 2 is 1.70 bits per heavy atom. The third kappa shape index (κ3) is 6.71. The summed E-state index contributed by atoms with van der Waals surface area (Å²) in [6.45, 7) is 3.35. The number of rotatable bonds is 6. The lowest BCUT2D eigenvalue weighted by Crippen LogP contribution is -2.54. The second kappa shape index (κ2) is 13.8. The minimum absolute atomic E-state index is 0.00285. The number of benzene rings is 2. The fourth-order valence-corrected chi connectivity index (χ4v) is 9.18. The number of aromatic nitrogens is 3. The van der Waals surface area contributed by atoms with Crippen molar-refractivity contribution in [1.29, 1.82) is 0 Å². The number of carbonyl (C=O) groups excluding carboxylic acids is 2. The Hall–Kier alpha value is -4.34. The van der Waals surface area contributed by atoms with Crippen LogP contribution in [-0.2, 0) is 22.1 Å². The first kappa shape index (κ1) is 35.7. The Labute approximate surface area is 308 Å². The number of nitrogens with zero attached hydrogens (tertiary/aromatic N) is 6. The SMILES string of the molecule is CN1CC2CC1CN2C1CCN(C(=O)[C@@H](Cc2cc(Cl)c(O)c(C(F)(F)F)c2)OC(=O)N2CCC(n3c(=O)[nH]c4c5ccccc5ncc43)CC2)CC1. The summed E-state index contributed by atoms with van der Waals surface area (Å²) in [7, 11) is 2.15. The van der Waals surface area contributed by atoms with E-state index in [0.29, 0.717) is 55.1 Å². The Morgan fingerprint density at radius 3 is 2.38 bits per heavy atom. The molecule has 2 amide bonds. The van der Waals surface area contributed by atoms with Crippen LogP contribution in [0.3, 0.4) is 0 Å². The fraction of sp³-hybridized carbons (Fsp3) is 0.514. The van der Waals surface area contributed by atoms with Gasteiger partial charge in [0.25, 0.3) is 5.91 Å². The first-order valence-electron chi connectivity index (χ1n) is 18.1. The predicted molar refractivity (Wildman–Crippen MR) is 191 cm³/mol. The van der Waals surface area contributed by atoms with Gasteiger partial charge in [-0.15, -0.1) is 0 Å². The smallest absolute Gasteiger partial charge is 0.420 e. The van der Waals surface area contributed by atoms with E-state index in [1.165, 1.54) is 4.90 Å². The molecule has 2 unspecified atom stereocenters. The number of likely N-dealkylation sites (N-methyl/N-ethyl adjacent to an activating group) is 1. The molecular weight excluding hydrogens is 715 g/mol. The van der Waals surface area contributed by atoms with Crippen molar-refractivity contribution in [1.82, 2.24) is 34.1 Å². The molecule has 16 heteroatoms. The van der Waals surface area contributed by atoms with Crippen LogP contribution in [0.1, 0.15) is 49.3 Å². The average Bonchev–Trinajstić information content (AvgIpc) is 3.83. The number of pyridine rings is 1. The Morgan fingerprint density at radius 1 is 1.00 bits per heavy atom. The van der Waals surface area contributed by atoms with Crippen LogP contribution < -0.4 is 5.69 Å². The monoisotopic (exact) mass is 755 g/mol. The minimum atomic E-state index is -4.90. The number of aromatic amines is 1. The van der Waals surface area contributed by atoms with E-state index in [1.807, 2.05) is 24.3 Å². The van der Waals surface area contributed by atoms with Crippen LogP contribution in [-0.4, -0.2) is 122 Å². The number of hydrogen-bond donors (Lipinski definition) is 2. The number of piperidine rings is 2. The summed E-state index contributed by atoms with van der Waals surface area (Å²) in [5, 5.41) is 10.4. The van der Waals surface area contributed by atoms with Crippen LogP contribution in [0, 0.1) is 0 Å². The molecule has 3 atom stereocenters. The summed E-state index contributed by atoms with van der Waals surface area (Å²) in [6.07, 6.45) is -2.29. The molecule has 0 radical (unpaired) electrons. The van der Waals surface area contributed by atoms with Gasteiger partial charge in [-0.05, 0) is 62.9 Å². The molecule has 12 nitrogen and oxygen atoms in total. The van der Waals surface area contributed by atoms with Crippen LogP contribution in [0.4, 0.5) is 18.0 Å². The number of carbonyl (C=O) groups is 2. The highest BCUT2D eigenvalue weighted by Crippen LogP contribution is 2.41. The molecule has 4 aromatic rings. The summed E-state index contributed by atoms with van der Waals surface area (Å²) < 4.78 is 48.9. The summed E-state index contributed by atoms with van der Waals surface area (Å²) in [4.78, 5) is 56.4. The number of hydrogen-bond acceptors (Lipinski definition) is 8. The molecule has 0 saturated carbocycles. The fourth-order valence-electron chi connectivity index (χ4n) is 8.93. The third-order valence-electron chi connectivity index (χ3n) is 11.7. The van der Waals surface area contributed by atoms with E-state index in [2.05, 4.69) is 26.8 Å². The summed E-state index contributed by atoms with van der Waals surface area (Å²) in [6, 6.07) is 10.6. The number of phenolic OH excluding ortho intramolecular Hbond substituents is 1. The topological polar surface area (TPSA) is 127 Å². The van der Waals surface area contributed by atoms with Crippen LogP contribution in [0.2, 0.25) is 5.02 Å². The second-order valence-corrected chi connectivity index (χ2v) is 15.2. The van der Waals surface area contributed by atoms with E-state index in [1.54, 1.807) is 15.7 Å². The number of alkyl halides is 3. The molecule has 2 bridgehead atoms. The molecule has 53 heavy (non-hydrogen) atoms. The summed E-state index contributed by atoms with van der Waals surface area (Å²) in [5.41, 5.74) is 0.508. The molecule has 0 aliphatic carbocycles. The maximum atomic E-state index is 14.1. The minimum Gasteiger partial charge on any atom is -0.506 e. The maximum Gasteiger partial charge on any atom is 0.420 e. The molecule has 4 fully saturated rings. The Bertz CT molecular complexity index is 2110. The van der Waals surface area contributed by atoms with Crippen molar-refractivity contribution >= 4 is 45.5 Å². The first-order valence-corrected chi connectivity index (χ1v) is 18.5. The van der Waals surface area contributed by atoms with Crippen molar-refractivity contribution < 1.29 is 32.6 Å². The number of phenols is 1. The second-order valence-electron chi connectivity index (χ2n) is 14.8. The van der Waals surface area contributed by atoms with Crippen molar-refractivity contribution in [2.75, 3.05) is 46.3 Å². The van der Waals surface area contributed by atoms with Gasteiger partial charge in [-0.25, -0.2) is 9.59 Å². The van der Waals surface area contributed by atoms with Crippen molar-refractivity contribution in [3.8, 4) is 5.75 Å². The van der Waals surface area contributed by atoms with Gasteiger partial charge in [0.15, 0.2) is 6.10 Å². The summed E-state index contributed by atoms with van der Waals surface area (Å²) in [5.74, 6) is -1.59. The average molecular weight is 756 g/mol. The van der Waals surface area contributed by atoms with Gasteiger partial charge in [-0.1, -0.05) is 29.8 Å². The molecule has 4 aliphatic rings. The van der Waals surface area contributed by atoms with Gasteiger partial charge in [0, 0.05) is 75.2 Å². The Kier molecular flexibility index (Phi) is 9.30. The maximum absolute atomic E-state index is 14.1. The zero-order valence-electron chi connectivity index (χ0n) is 29.2. The highest BCUT2D eigenvalue weighted by molar-refractivity contribution is 6.32. The number of H-pyrrole nitrogens is 1. The van der Waals surface area contributed by atoms with E-state index >= 15 is 0 Å². The number of para-hydroxylation sites is 1. The molecule has 282 valence electrons. The molecule has 2 aromatic carbocycles. The van der Waals surface area contributed by atoms with Crippen molar-refractivity contribution in [2.24, 2.45) is 0 Å². The quantitative estimate of drug-likeness (QED) is 0.281. The molecule has 8 rings (SSSR count). The molecule has 4 saturated heterocycles. The zero-order valence-corrected chi connectivity index (χ0v) is 29.9. The van der Waals surface area contributed by atoms with Crippen LogP contribution in [0.15, 0.2) is 47.4 Å². The van der Waals surface area contributed by atoms with Gasteiger partial charge in [0.1, 0.15) is 5.75 Å². The van der Waals surface area contributed by atoms with Gasteiger partial charge in [-0.2, -0.15) is 13.2 Å². The predicted octanol–water partition coefficient (Wildman–Crippen LogP) is 5.02. The number of ether oxygens (including phenoxy) is 1. The van der Waals surface area contributed by atoms with Gasteiger partial charge in [-0.3, -0.25) is 19.2 Å². The van der Waals surface area contributed by atoms with E-state index in [4.69, 9.17) is 16.3 Å². The van der Waals surface area contributed by atoms with Gasteiger partial charge >= 0.3 is 18.0 Å². The van der Waals surface area contributed by atoms with Gasteiger partial charge in [0.05, 0.1) is 33.3 Å². The van der Waals surface area contributed by atoms with Crippen molar-refractivity contribution in [3.05, 3.63) is 69.2 Å². The molecule has 0 spiro atoms. The number of halogens is 4. The van der Waals surface area contributed by atoms with Gasteiger partial charge in [0.2, 0.25) is 0 Å². The third-order valence-corrected chi connectivity index (χ3v) is 12.0. The first-order chi connectivity index (χ1) is 25.4. The molecule has 2 aromatic heterocycles. The lowest BCUT2D eigenvalue weighted by molar-refractivity contribution is -0.142. The summed E-state index contributed by atoms with van der Waals surface area (Å²) >= 11 is 6.01.